The molecule has 0 aliphatic heterocycles. The molecule has 0 N–H and O–H groups in total. The zero-order valence-electron chi connectivity index (χ0n) is 10.2. The first-order valence-corrected chi connectivity index (χ1v) is 5.93. The normalized spacial score (nSPS) is 11.3. The Hall–Kier alpha value is -1.88. The maximum atomic E-state index is 11.9. The molecule has 5 nitrogen and oxygen atoms in total. The van der Waals surface area contributed by atoms with Gasteiger partial charge in [-0.3, -0.25) is 14.2 Å². The molecule has 0 radical (unpaired) electrons. The lowest BCUT2D eigenvalue weighted by Gasteiger charge is -1.98. The summed E-state index contributed by atoms with van der Waals surface area (Å²) in [6.07, 6.45) is 6.46. The standard InChI is InChI=1S/C12H13ClN4O/c1-3-17-9(6-7-14-17)4-5-11(18)12-10(13)8-16(2)15-12/h4-8H,3H2,1-2H3/b5-4+. The molecular formula is C12H13ClN4O. The molecule has 18 heavy (non-hydrogen) atoms. The predicted molar refractivity (Wildman–Crippen MR) is 69.5 cm³/mol. The van der Waals surface area contributed by atoms with Crippen molar-refractivity contribution in [3.63, 3.8) is 0 Å². The zero-order chi connectivity index (χ0) is 13.1. The summed E-state index contributed by atoms with van der Waals surface area (Å²) < 4.78 is 3.31. The van der Waals surface area contributed by atoms with E-state index in [-0.39, 0.29) is 11.5 Å². The van der Waals surface area contributed by atoms with E-state index in [4.69, 9.17) is 11.6 Å². The van der Waals surface area contributed by atoms with Gasteiger partial charge in [-0.2, -0.15) is 10.2 Å². The van der Waals surface area contributed by atoms with Gasteiger partial charge in [0.25, 0.3) is 0 Å². The lowest BCUT2D eigenvalue weighted by Crippen LogP contribution is -2.00. The molecule has 0 saturated heterocycles. The Morgan fingerprint density at radius 3 is 2.94 bits per heavy atom. The van der Waals surface area contributed by atoms with E-state index in [2.05, 4.69) is 10.2 Å². The van der Waals surface area contributed by atoms with Crippen molar-refractivity contribution in [3.05, 3.63) is 40.9 Å². The highest BCUT2D eigenvalue weighted by Gasteiger charge is 2.11. The van der Waals surface area contributed by atoms with Crippen LogP contribution >= 0.6 is 11.6 Å². The number of ketones is 1. The fourth-order valence-corrected chi connectivity index (χ4v) is 1.89. The van der Waals surface area contributed by atoms with Crippen LogP contribution in [0.25, 0.3) is 6.08 Å². The Balaban J connectivity index is 2.19. The molecule has 0 atom stereocenters. The molecule has 0 aliphatic rings. The van der Waals surface area contributed by atoms with Crippen LogP contribution in [0.15, 0.2) is 24.5 Å². The van der Waals surface area contributed by atoms with Crippen molar-refractivity contribution in [2.24, 2.45) is 7.05 Å². The lowest BCUT2D eigenvalue weighted by atomic mass is 10.2. The van der Waals surface area contributed by atoms with Gasteiger partial charge in [0.1, 0.15) is 0 Å². The average molecular weight is 265 g/mol. The molecule has 0 aliphatic carbocycles. The van der Waals surface area contributed by atoms with Gasteiger partial charge in [0.05, 0.1) is 10.7 Å². The summed E-state index contributed by atoms with van der Waals surface area (Å²) in [5.41, 5.74) is 1.14. The second kappa shape index (κ2) is 5.18. The van der Waals surface area contributed by atoms with Gasteiger partial charge in [-0.05, 0) is 25.1 Å². The molecule has 0 saturated carbocycles. The first-order valence-electron chi connectivity index (χ1n) is 5.55. The number of hydrogen-bond donors (Lipinski definition) is 0. The number of hydrogen-bond acceptors (Lipinski definition) is 3. The third-order valence-electron chi connectivity index (χ3n) is 2.47. The number of aromatic nitrogens is 4. The minimum absolute atomic E-state index is 0.218. The van der Waals surface area contributed by atoms with Crippen LogP contribution < -0.4 is 0 Å². The highest BCUT2D eigenvalue weighted by molar-refractivity contribution is 6.34. The lowest BCUT2D eigenvalue weighted by molar-refractivity contribution is 0.104. The number of carbonyl (C=O) groups is 1. The highest BCUT2D eigenvalue weighted by Crippen LogP contribution is 2.14. The van der Waals surface area contributed by atoms with Crippen LogP contribution in [0, 0.1) is 0 Å². The van der Waals surface area contributed by atoms with Gasteiger partial charge in [-0.25, -0.2) is 0 Å². The third-order valence-corrected chi connectivity index (χ3v) is 2.75. The van der Waals surface area contributed by atoms with E-state index in [1.54, 1.807) is 30.2 Å². The van der Waals surface area contributed by atoms with Gasteiger partial charge < -0.3 is 0 Å². The summed E-state index contributed by atoms with van der Waals surface area (Å²) in [4.78, 5) is 11.9. The van der Waals surface area contributed by atoms with Crippen LogP contribution in [-0.2, 0) is 13.6 Å². The number of carbonyl (C=O) groups excluding carboxylic acids is 1. The van der Waals surface area contributed by atoms with Crippen molar-refractivity contribution < 1.29 is 4.79 Å². The Morgan fingerprint density at radius 2 is 2.33 bits per heavy atom. The Bertz CT molecular complexity index is 597. The number of aryl methyl sites for hydroxylation is 2. The Labute approximate surface area is 110 Å². The van der Waals surface area contributed by atoms with Crippen LogP contribution in [-0.4, -0.2) is 25.3 Å². The average Bonchev–Trinajstić information content (AvgIpc) is 2.92. The van der Waals surface area contributed by atoms with E-state index < -0.39 is 0 Å². The van der Waals surface area contributed by atoms with Crippen LogP contribution in [0.3, 0.4) is 0 Å². The van der Waals surface area contributed by atoms with Crippen molar-refractivity contribution in [2.45, 2.75) is 13.5 Å². The largest absolute Gasteiger partial charge is 0.287 e. The molecule has 2 aromatic heterocycles. The number of allylic oxidation sites excluding steroid dienone is 1. The molecule has 6 heteroatoms. The Kier molecular flexibility index (Phi) is 3.62. The van der Waals surface area contributed by atoms with Gasteiger partial charge in [0, 0.05) is 26.0 Å². The number of halogens is 1. The summed E-state index contributed by atoms with van der Waals surface area (Å²) >= 11 is 5.90. The van der Waals surface area contributed by atoms with Gasteiger partial charge in [0.2, 0.25) is 5.78 Å². The molecule has 0 amide bonds. The van der Waals surface area contributed by atoms with Crippen molar-refractivity contribution in [3.8, 4) is 0 Å². The van der Waals surface area contributed by atoms with Crippen molar-refractivity contribution in [2.75, 3.05) is 0 Å². The smallest absolute Gasteiger partial charge is 0.207 e. The van der Waals surface area contributed by atoms with Gasteiger partial charge >= 0.3 is 0 Å². The van der Waals surface area contributed by atoms with Gasteiger partial charge in [-0.1, -0.05) is 11.6 Å². The topological polar surface area (TPSA) is 52.7 Å². The predicted octanol–water partition coefficient (Wildman–Crippen LogP) is 2.19. The Morgan fingerprint density at radius 1 is 1.56 bits per heavy atom. The van der Waals surface area contributed by atoms with Gasteiger partial charge in [-0.15, -0.1) is 0 Å². The molecule has 0 spiro atoms. The van der Waals surface area contributed by atoms with E-state index in [9.17, 15) is 4.79 Å². The third kappa shape index (κ3) is 2.51. The SMILES string of the molecule is CCn1nccc1/C=C/C(=O)c1nn(C)cc1Cl. The molecule has 0 aromatic carbocycles. The monoisotopic (exact) mass is 264 g/mol. The van der Waals surface area contributed by atoms with Crippen molar-refractivity contribution >= 4 is 23.5 Å². The van der Waals surface area contributed by atoms with Crippen molar-refractivity contribution in [1.29, 1.82) is 0 Å². The maximum absolute atomic E-state index is 11.9. The fraction of sp³-hybridized carbons (Fsp3) is 0.250. The molecule has 2 heterocycles. The summed E-state index contributed by atoms with van der Waals surface area (Å²) in [6, 6.07) is 1.84. The van der Waals surface area contributed by atoms with E-state index >= 15 is 0 Å². The van der Waals surface area contributed by atoms with Gasteiger partial charge in [0.15, 0.2) is 5.69 Å². The minimum atomic E-state index is -0.218. The summed E-state index contributed by atoms with van der Waals surface area (Å²) in [5.74, 6) is -0.218. The summed E-state index contributed by atoms with van der Waals surface area (Å²) in [6.45, 7) is 2.74. The first-order chi connectivity index (χ1) is 8.61. The van der Waals surface area contributed by atoms with Crippen LogP contribution in [0.5, 0.6) is 0 Å². The summed E-state index contributed by atoms with van der Waals surface area (Å²) in [7, 11) is 1.72. The molecule has 0 bridgehead atoms. The van der Waals surface area contributed by atoms with E-state index in [0.29, 0.717) is 5.02 Å². The minimum Gasteiger partial charge on any atom is -0.287 e. The molecule has 94 valence electrons. The highest BCUT2D eigenvalue weighted by atomic mass is 35.5. The quantitative estimate of drug-likeness (QED) is 0.628. The van der Waals surface area contributed by atoms with Crippen LogP contribution in [0.4, 0.5) is 0 Å². The molecule has 0 unspecified atom stereocenters. The van der Waals surface area contributed by atoms with Crippen LogP contribution in [0.2, 0.25) is 5.02 Å². The fourth-order valence-electron chi connectivity index (χ4n) is 1.62. The zero-order valence-corrected chi connectivity index (χ0v) is 10.9. The number of nitrogens with zero attached hydrogens (tertiary/aromatic N) is 4. The summed E-state index contributed by atoms with van der Waals surface area (Å²) in [5, 5.41) is 8.49. The second-order valence-corrected chi connectivity index (χ2v) is 4.18. The van der Waals surface area contributed by atoms with Crippen molar-refractivity contribution in [1.82, 2.24) is 19.6 Å². The van der Waals surface area contributed by atoms with E-state index in [1.807, 2.05) is 13.0 Å². The molecular weight excluding hydrogens is 252 g/mol. The van der Waals surface area contributed by atoms with Crippen LogP contribution in [0.1, 0.15) is 23.1 Å². The van der Waals surface area contributed by atoms with E-state index in [1.165, 1.54) is 10.8 Å². The first kappa shape index (κ1) is 12.6. The molecule has 2 rings (SSSR count). The molecule has 2 aromatic rings. The second-order valence-electron chi connectivity index (χ2n) is 3.77. The molecule has 0 fully saturated rings. The maximum Gasteiger partial charge on any atom is 0.207 e. The number of rotatable bonds is 4. The van der Waals surface area contributed by atoms with E-state index in [0.717, 1.165) is 12.2 Å².